The first-order chi connectivity index (χ1) is 18.7. The highest BCUT2D eigenvalue weighted by molar-refractivity contribution is 5.78. The van der Waals surface area contributed by atoms with E-state index in [0.29, 0.717) is 36.4 Å². The molecule has 7 heteroatoms. The second-order valence-electron chi connectivity index (χ2n) is 13.7. The quantitative estimate of drug-likeness (QED) is 0.490. The second-order valence-corrected chi connectivity index (χ2v) is 13.7. The molecular formula is C32H46N4O3. The maximum atomic E-state index is 13.9. The summed E-state index contributed by atoms with van der Waals surface area (Å²) in [4.78, 5) is 34.7. The van der Waals surface area contributed by atoms with E-state index in [4.69, 9.17) is 4.98 Å². The Bertz CT molecular complexity index is 1250. The van der Waals surface area contributed by atoms with Crippen molar-refractivity contribution in [2.45, 2.75) is 103 Å². The molecule has 3 saturated heterocycles. The molecule has 1 N–H and O–H groups in total. The molecule has 0 radical (unpaired) electrons. The van der Waals surface area contributed by atoms with Crippen molar-refractivity contribution in [2.24, 2.45) is 23.2 Å². The van der Waals surface area contributed by atoms with Crippen LogP contribution in [0.15, 0.2) is 29.1 Å². The third-order valence-corrected chi connectivity index (χ3v) is 10.9. The number of carboxylic acids is 1. The van der Waals surface area contributed by atoms with Gasteiger partial charge in [-0.25, -0.2) is 4.98 Å². The Hall–Kier alpha value is -2.41. The van der Waals surface area contributed by atoms with Gasteiger partial charge in [-0.05, 0) is 80.9 Å². The number of nitrogens with zero attached hydrogens (tertiary/aromatic N) is 4. The summed E-state index contributed by atoms with van der Waals surface area (Å²) in [6.07, 6.45) is 12.5. The Morgan fingerprint density at radius 1 is 1.05 bits per heavy atom. The van der Waals surface area contributed by atoms with Crippen LogP contribution < -0.4 is 10.5 Å². The molecule has 4 fully saturated rings. The number of benzene rings is 1. The Morgan fingerprint density at radius 3 is 2.44 bits per heavy atom. The van der Waals surface area contributed by atoms with Crippen LogP contribution in [-0.2, 0) is 4.79 Å². The fourth-order valence-electron chi connectivity index (χ4n) is 8.72. The molecule has 2 bridgehead atoms. The van der Waals surface area contributed by atoms with E-state index in [2.05, 4.69) is 25.7 Å². The van der Waals surface area contributed by atoms with Gasteiger partial charge in [0.05, 0.1) is 17.0 Å². The van der Waals surface area contributed by atoms with Crippen molar-refractivity contribution in [3.63, 3.8) is 0 Å². The van der Waals surface area contributed by atoms with Gasteiger partial charge < -0.3 is 14.6 Å². The third kappa shape index (κ3) is 5.00. The van der Waals surface area contributed by atoms with Crippen LogP contribution in [0.2, 0.25) is 0 Å². The molecule has 2 aromatic rings. The number of carbonyl (C=O) groups is 1. The molecule has 39 heavy (non-hydrogen) atoms. The van der Waals surface area contributed by atoms with Crippen LogP contribution in [-0.4, -0.2) is 57.2 Å². The van der Waals surface area contributed by atoms with E-state index in [1.807, 2.05) is 33.7 Å². The predicted octanol–water partition coefficient (Wildman–Crippen LogP) is 5.72. The SMILES string of the molecule is CCC1CCC(CCN2C3CCCC2CC(n2c(=O)c(N4CC(C(=O)O)C4)nc4ccccc42)C3)CC1(C)C. The molecule has 4 unspecified atom stereocenters. The normalized spacial score (nSPS) is 31.3. The van der Waals surface area contributed by atoms with Gasteiger partial charge in [0.25, 0.3) is 5.56 Å². The molecule has 7 nitrogen and oxygen atoms in total. The minimum Gasteiger partial charge on any atom is -0.481 e. The molecule has 1 aliphatic carbocycles. The summed E-state index contributed by atoms with van der Waals surface area (Å²) in [6, 6.07) is 9.20. The number of para-hydroxylation sites is 2. The zero-order valence-electron chi connectivity index (χ0n) is 24.0. The van der Waals surface area contributed by atoms with Crippen LogP contribution in [0.25, 0.3) is 11.0 Å². The lowest BCUT2D eigenvalue weighted by Gasteiger charge is -2.50. The first kappa shape index (κ1) is 26.8. The Balaban J connectivity index is 1.21. The molecule has 0 spiro atoms. The first-order valence-corrected chi connectivity index (χ1v) is 15.5. The lowest BCUT2D eigenvalue weighted by atomic mass is 9.63. The van der Waals surface area contributed by atoms with Crippen molar-refractivity contribution in [1.82, 2.24) is 14.5 Å². The smallest absolute Gasteiger partial charge is 0.310 e. The van der Waals surface area contributed by atoms with Gasteiger partial charge in [0.15, 0.2) is 5.82 Å². The molecular weight excluding hydrogens is 488 g/mol. The summed E-state index contributed by atoms with van der Waals surface area (Å²) in [5.41, 5.74) is 2.14. The number of hydrogen-bond donors (Lipinski definition) is 1. The molecule has 0 amide bonds. The summed E-state index contributed by atoms with van der Waals surface area (Å²) in [7, 11) is 0. The highest BCUT2D eigenvalue weighted by Gasteiger charge is 2.42. The molecule has 4 atom stereocenters. The number of piperidine rings is 2. The molecule has 3 aliphatic heterocycles. The number of fused-ring (bicyclic) bond motifs is 3. The minimum atomic E-state index is -0.797. The largest absolute Gasteiger partial charge is 0.481 e. The molecule has 4 heterocycles. The van der Waals surface area contributed by atoms with E-state index in [1.54, 1.807) is 0 Å². The number of hydrogen-bond acceptors (Lipinski definition) is 5. The minimum absolute atomic E-state index is 0.0519. The Morgan fingerprint density at radius 2 is 1.77 bits per heavy atom. The standard InChI is InChI=1S/C32H46N4O3/c1-4-23-13-12-21(18-32(23,2)3)14-15-35-24-8-7-9-25(35)17-26(16-24)36-28-11-6-5-10-27(28)33-29(30(36)37)34-19-22(20-34)31(38)39/h5-6,10-11,21-26H,4,7-9,12-20H2,1-3H3,(H,38,39). The van der Waals surface area contributed by atoms with E-state index in [0.717, 1.165) is 35.7 Å². The van der Waals surface area contributed by atoms with Crippen LogP contribution in [0.4, 0.5) is 5.82 Å². The van der Waals surface area contributed by atoms with E-state index >= 15 is 0 Å². The maximum Gasteiger partial charge on any atom is 0.310 e. The van der Waals surface area contributed by atoms with E-state index in [9.17, 15) is 14.7 Å². The first-order valence-electron chi connectivity index (χ1n) is 15.5. The summed E-state index contributed by atoms with van der Waals surface area (Å²) in [5.74, 6) is 0.908. The topological polar surface area (TPSA) is 78.7 Å². The van der Waals surface area contributed by atoms with Crippen molar-refractivity contribution < 1.29 is 9.90 Å². The van der Waals surface area contributed by atoms with Crippen molar-refractivity contribution in [3.8, 4) is 0 Å². The molecule has 1 aromatic carbocycles. The van der Waals surface area contributed by atoms with Gasteiger partial charge in [0.2, 0.25) is 0 Å². The molecule has 6 rings (SSSR count). The van der Waals surface area contributed by atoms with Gasteiger partial charge in [-0.3, -0.25) is 14.5 Å². The highest BCUT2D eigenvalue weighted by atomic mass is 16.4. The summed E-state index contributed by atoms with van der Waals surface area (Å²) in [5, 5.41) is 9.35. The predicted molar refractivity (Wildman–Crippen MR) is 155 cm³/mol. The number of aromatic nitrogens is 2. The second kappa shape index (κ2) is 10.5. The van der Waals surface area contributed by atoms with Crippen molar-refractivity contribution in [3.05, 3.63) is 34.6 Å². The lowest BCUT2D eigenvalue weighted by molar-refractivity contribution is -0.142. The number of aliphatic carboxylic acids is 1. The summed E-state index contributed by atoms with van der Waals surface area (Å²) < 4.78 is 2.03. The van der Waals surface area contributed by atoms with Crippen molar-refractivity contribution in [2.75, 3.05) is 24.5 Å². The average molecular weight is 535 g/mol. The van der Waals surface area contributed by atoms with E-state index < -0.39 is 11.9 Å². The zero-order valence-corrected chi connectivity index (χ0v) is 24.0. The third-order valence-electron chi connectivity index (χ3n) is 10.9. The number of rotatable bonds is 7. The summed E-state index contributed by atoms with van der Waals surface area (Å²) in [6.45, 7) is 9.24. The molecule has 212 valence electrons. The van der Waals surface area contributed by atoms with Crippen LogP contribution in [0, 0.1) is 23.2 Å². The Kier molecular flexibility index (Phi) is 7.23. The number of anilines is 1. The maximum absolute atomic E-state index is 13.9. The van der Waals surface area contributed by atoms with E-state index in [1.165, 1.54) is 57.9 Å². The van der Waals surface area contributed by atoms with Gasteiger partial charge in [-0.2, -0.15) is 0 Å². The highest BCUT2D eigenvalue weighted by Crippen LogP contribution is 2.47. The van der Waals surface area contributed by atoms with Crippen LogP contribution in [0.3, 0.4) is 0 Å². The lowest BCUT2D eigenvalue weighted by Crippen LogP contribution is -2.55. The number of carboxylic acid groups (broad SMARTS) is 1. The van der Waals surface area contributed by atoms with Gasteiger partial charge >= 0.3 is 5.97 Å². The zero-order chi connectivity index (χ0) is 27.3. The molecule has 1 aromatic heterocycles. The van der Waals surface area contributed by atoms with Crippen molar-refractivity contribution in [1.29, 1.82) is 0 Å². The fourth-order valence-corrected chi connectivity index (χ4v) is 8.72. The Labute approximate surface area is 232 Å². The molecule has 4 aliphatic rings. The van der Waals surface area contributed by atoms with Gasteiger partial charge in [0, 0.05) is 31.2 Å². The summed E-state index contributed by atoms with van der Waals surface area (Å²) >= 11 is 0. The van der Waals surface area contributed by atoms with Crippen LogP contribution in [0.5, 0.6) is 0 Å². The van der Waals surface area contributed by atoms with Gasteiger partial charge in [-0.15, -0.1) is 0 Å². The molecule has 1 saturated carbocycles. The average Bonchev–Trinajstić information content (AvgIpc) is 2.86. The van der Waals surface area contributed by atoms with Gasteiger partial charge in [-0.1, -0.05) is 52.2 Å². The fraction of sp³-hybridized carbons (Fsp3) is 0.719. The van der Waals surface area contributed by atoms with Crippen LogP contribution in [0.1, 0.15) is 91.0 Å². The van der Waals surface area contributed by atoms with Crippen LogP contribution >= 0.6 is 0 Å². The van der Waals surface area contributed by atoms with Gasteiger partial charge in [0.1, 0.15) is 0 Å². The monoisotopic (exact) mass is 534 g/mol. The van der Waals surface area contributed by atoms with Crippen molar-refractivity contribution >= 4 is 22.8 Å². The van der Waals surface area contributed by atoms with E-state index in [-0.39, 0.29) is 11.6 Å².